The summed E-state index contributed by atoms with van der Waals surface area (Å²) >= 11 is 0. The van der Waals surface area contributed by atoms with E-state index in [0.717, 1.165) is 39.8 Å². The van der Waals surface area contributed by atoms with Gasteiger partial charge >= 0.3 is 0 Å². The van der Waals surface area contributed by atoms with Gasteiger partial charge in [-0.05, 0) is 50.1 Å². The van der Waals surface area contributed by atoms with Crippen LogP contribution in [0.4, 0.5) is 0 Å². The predicted octanol–water partition coefficient (Wildman–Crippen LogP) is 8.38. The summed E-state index contributed by atoms with van der Waals surface area (Å²) < 4.78 is 4.28. The summed E-state index contributed by atoms with van der Waals surface area (Å²) in [4.78, 5) is 13.2. The number of aryl methyl sites for hydroxylation is 3. The summed E-state index contributed by atoms with van der Waals surface area (Å²) in [5.41, 5.74) is 10.0. The van der Waals surface area contributed by atoms with Crippen molar-refractivity contribution in [2.24, 2.45) is 0 Å². The Morgan fingerprint density at radius 3 is 1.91 bits per heavy atom. The Morgan fingerprint density at radius 2 is 1.29 bits per heavy atom. The SMILES string of the molecule is CCn1c2ccccc2c2cc3c(cc21)c(-c1ccc(C)cc1)c(-c1ccc(C)cc1)n3C(C)=O. The number of aromatic nitrogens is 2. The molecule has 0 aliphatic rings. The van der Waals surface area contributed by atoms with Crippen LogP contribution in [0.2, 0.25) is 0 Å². The lowest BCUT2D eigenvalue weighted by atomic mass is 9.96. The smallest absolute Gasteiger partial charge is 0.228 e. The molecule has 0 fully saturated rings. The van der Waals surface area contributed by atoms with Crippen LogP contribution in [0.3, 0.4) is 0 Å². The van der Waals surface area contributed by atoms with Crippen LogP contribution >= 0.6 is 0 Å². The highest BCUT2D eigenvalue weighted by Gasteiger charge is 2.24. The molecular weight excluding hydrogens is 428 g/mol. The molecule has 0 unspecified atom stereocenters. The highest BCUT2D eigenvalue weighted by atomic mass is 16.1. The lowest BCUT2D eigenvalue weighted by Crippen LogP contribution is -2.07. The molecule has 0 saturated carbocycles. The molecule has 0 N–H and O–H groups in total. The molecule has 0 radical (unpaired) electrons. The van der Waals surface area contributed by atoms with E-state index in [2.05, 4.69) is 110 Å². The first-order valence-corrected chi connectivity index (χ1v) is 12.2. The molecule has 0 atom stereocenters. The number of carbonyl (C=O) groups excluding carboxylic acids is 1. The van der Waals surface area contributed by atoms with Crippen LogP contribution in [-0.2, 0) is 6.54 Å². The van der Waals surface area contributed by atoms with Crippen molar-refractivity contribution in [2.45, 2.75) is 34.2 Å². The van der Waals surface area contributed by atoms with E-state index in [0.29, 0.717) is 0 Å². The zero-order valence-electron chi connectivity index (χ0n) is 20.6. The fourth-order valence-electron chi connectivity index (χ4n) is 5.49. The molecule has 4 aromatic carbocycles. The largest absolute Gasteiger partial charge is 0.341 e. The zero-order chi connectivity index (χ0) is 24.3. The van der Waals surface area contributed by atoms with Crippen molar-refractivity contribution in [1.82, 2.24) is 9.13 Å². The maximum Gasteiger partial charge on any atom is 0.228 e. The number of benzene rings is 4. The van der Waals surface area contributed by atoms with Crippen LogP contribution in [0.15, 0.2) is 84.9 Å². The molecule has 2 aromatic heterocycles. The molecule has 0 spiro atoms. The van der Waals surface area contributed by atoms with E-state index in [1.54, 1.807) is 6.92 Å². The highest BCUT2D eigenvalue weighted by molar-refractivity contribution is 6.18. The Hall–Kier alpha value is -4.11. The lowest BCUT2D eigenvalue weighted by Gasteiger charge is -2.11. The topological polar surface area (TPSA) is 26.9 Å². The minimum atomic E-state index is 0.0162. The minimum Gasteiger partial charge on any atom is -0.341 e. The maximum absolute atomic E-state index is 13.2. The van der Waals surface area contributed by atoms with E-state index in [-0.39, 0.29) is 5.91 Å². The fourth-order valence-corrected chi connectivity index (χ4v) is 5.49. The summed E-state index contributed by atoms with van der Waals surface area (Å²) in [6, 6.07) is 30.2. The Labute approximate surface area is 205 Å². The minimum absolute atomic E-state index is 0.0162. The van der Waals surface area contributed by atoms with Crippen molar-refractivity contribution >= 4 is 38.6 Å². The molecule has 0 aliphatic heterocycles. The van der Waals surface area contributed by atoms with Gasteiger partial charge in [0.2, 0.25) is 5.91 Å². The van der Waals surface area contributed by atoms with Crippen LogP contribution in [-0.4, -0.2) is 15.0 Å². The van der Waals surface area contributed by atoms with Crippen LogP contribution in [0.5, 0.6) is 0 Å². The molecule has 0 aliphatic carbocycles. The van der Waals surface area contributed by atoms with Gasteiger partial charge in [-0.3, -0.25) is 9.36 Å². The lowest BCUT2D eigenvalue weighted by molar-refractivity contribution is 0.0943. The zero-order valence-corrected chi connectivity index (χ0v) is 20.6. The van der Waals surface area contributed by atoms with Crippen molar-refractivity contribution in [3.8, 4) is 22.4 Å². The summed E-state index contributed by atoms with van der Waals surface area (Å²) in [6.07, 6.45) is 0. The number of fused-ring (bicyclic) bond motifs is 4. The third-order valence-corrected chi connectivity index (χ3v) is 7.16. The Kier molecular flexibility index (Phi) is 4.89. The quantitative estimate of drug-likeness (QED) is 0.263. The first-order chi connectivity index (χ1) is 17.0. The number of hydrogen-bond acceptors (Lipinski definition) is 1. The number of rotatable bonds is 3. The Bertz CT molecular complexity index is 1750. The summed E-state index contributed by atoms with van der Waals surface area (Å²) in [7, 11) is 0. The number of carbonyl (C=O) groups is 1. The Morgan fingerprint density at radius 1 is 0.686 bits per heavy atom. The predicted molar refractivity (Wildman–Crippen MR) is 147 cm³/mol. The van der Waals surface area contributed by atoms with Gasteiger partial charge in [0, 0.05) is 46.2 Å². The Balaban J connectivity index is 1.83. The number of para-hydroxylation sites is 1. The van der Waals surface area contributed by atoms with Gasteiger partial charge in [0.15, 0.2) is 0 Å². The van der Waals surface area contributed by atoms with E-state index in [9.17, 15) is 4.79 Å². The van der Waals surface area contributed by atoms with E-state index < -0.39 is 0 Å². The number of nitrogens with zero attached hydrogens (tertiary/aromatic N) is 2. The molecule has 2 heterocycles. The van der Waals surface area contributed by atoms with Crippen LogP contribution in [0.1, 0.15) is 29.8 Å². The van der Waals surface area contributed by atoms with E-state index in [1.807, 2.05) is 4.57 Å². The van der Waals surface area contributed by atoms with Crippen LogP contribution in [0.25, 0.3) is 55.1 Å². The second kappa shape index (κ2) is 7.99. The van der Waals surface area contributed by atoms with Crippen LogP contribution < -0.4 is 0 Å². The van der Waals surface area contributed by atoms with Gasteiger partial charge in [-0.25, -0.2) is 0 Å². The standard InChI is InChI=1S/C32H28N2O/c1-5-33-28-9-7-6-8-25(28)26-18-30-27(19-29(26)33)31(23-14-10-20(2)11-15-23)32(34(30)22(4)35)24-16-12-21(3)13-17-24/h6-19H,5H2,1-4H3. The van der Waals surface area contributed by atoms with Crippen molar-refractivity contribution in [2.75, 3.05) is 0 Å². The summed E-state index contributed by atoms with van der Waals surface area (Å²) in [5, 5.41) is 3.50. The molecule has 35 heavy (non-hydrogen) atoms. The molecule has 0 bridgehead atoms. The van der Waals surface area contributed by atoms with Crippen molar-refractivity contribution in [3.63, 3.8) is 0 Å². The average Bonchev–Trinajstić information content (AvgIpc) is 3.36. The van der Waals surface area contributed by atoms with Crippen molar-refractivity contribution in [1.29, 1.82) is 0 Å². The van der Waals surface area contributed by atoms with Crippen molar-refractivity contribution in [3.05, 3.63) is 96.1 Å². The normalized spacial score (nSPS) is 11.7. The third-order valence-electron chi connectivity index (χ3n) is 7.16. The maximum atomic E-state index is 13.2. The second-order valence-electron chi connectivity index (χ2n) is 9.46. The fraction of sp³-hybridized carbons (Fsp3) is 0.156. The molecule has 172 valence electrons. The first-order valence-electron chi connectivity index (χ1n) is 12.2. The van der Waals surface area contributed by atoms with E-state index >= 15 is 0 Å². The van der Waals surface area contributed by atoms with E-state index in [4.69, 9.17) is 0 Å². The molecule has 3 nitrogen and oxygen atoms in total. The van der Waals surface area contributed by atoms with Crippen molar-refractivity contribution < 1.29 is 4.79 Å². The van der Waals surface area contributed by atoms with Gasteiger partial charge < -0.3 is 4.57 Å². The third kappa shape index (κ3) is 3.23. The van der Waals surface area contributed by atoms with E-state index in [1.165, 1.54) is 32.9 Å². The van der Waals surface area contributed by atoms with Crippen LogP contribution in [0, 0.1) is 13.8 Å². The molecule has 6 rings (SSSR count). The molecule has 3 heteroatoms. The number of hydrogen-bond donors (Lipinski definition) is 0. The molecular formula is C32H28N2O. The first kappa shape index (κ1) is 21.4. The second-order valence-corrected chi connectivity index (χ2v) is 9.46. The van der Waals surface area contributed by atoms with Gasteiger partial charge in [0.25, 0.3) is 0 Å². The summed E-state index contributed by atoms with van der Waals surface area (Å²) in [6.45, 7) is 8.93. The van der Waals surface area contributed by atoms with Gasteiger partial charge in [0.1, 0.15) is 0 Å². The molecule has 0 amide bonds. The average molecular weight is 457 g/mol. The summed E-state index contributed by atoms with van der Waals surface area (Å²) in [5.74, 6) is 0.0162. The molecule has 0 saturated heterocycles. The van der Waals surface area contributed by atoms with Gasteiger partial charge in [-0.1, -0.05) is 77.9 Å². The molecule has 6 aromatic rings. The van der Waals surface area contributed by atoms with Gasteiger partial charge in [0.05, 0.1) is 11.2 Å². The van der Waals surface area contributed by atoms with Gasteiger partial charge in [-0.15, -0.1) is 0 Å². The monoisotopic (exact) mass is 456 g/mol. The van der Waals surface area contributed by atoms with Gasteiger partial charge in [-0.2, -0.15) is 0 Å². The highest BCUT2D eigenvalue weighted by Crippen LogP contribution is 2.44.